The molecule has 0 spiro atoms. The van der Waals surface area contributed by atoms with E-state index in [-0.39, 0.29) is 0 Å². The van der Waals surface area contributed by atoms with Crippen molar-refractivity contribution in [2.45, 2.75) is 38.7 Å². The van der Waals surface area contributed by atoms with E-state index in [0.29, 0.717) is 6.10 Å². The molecular formula is C12H26N2O. The van der Waals surface area contributed by atoms with Crippen molar-refractivity contribution in [2.24, 2.45) is 0 Å². The van der Waals surface area contributed by atoms with Crippen molar-refractivity contribution in [2.75, 3.05) is 39.8 Å². The molecule has 90 valence electrons. The highest BCUT2D eigenvalue weighted by molar-refractivity contribution is 4.73. The second-order valence-electron chi connectivity index (χ2n) is 4.33. The lowest BCUT2D eigenvalue weighted by Crippen LogP contribution is -2.40. The van der Waals surface area contributed by atoms with Crippen LogP contribution in [-0.4, -0.2) is 50.8 Å². The van der Waals surface area contributed by atoms with Gasteiger partial charge in [-0.2, -0.15) is 0 Å². The van der Waals surface area contributed by atoms with E-state index in [2.05, 4.69) is 17.1 Å². The van der Waals surface area contributed by atoms with Crippen molar-refractivity contribution < 1.29 is 4.74 Å². The van der Waals surface area contributed by atoms with Gasteiger partial charge in [0.1, 0.15) is 0 Å². The minimum Gasteiger partial charge on any atom is -0.377 e. The van der Waals surface area contributed by atoms with E-state index in [0.717, 1.165) is 19.7 Å². The summed E-state index contributed by atoms with van der Waals surface area (Å²) in [6, 6.07) is 0. The normalized spacial score (nSPS) is 23.2. The maximum Gasteiger partial charge on any atom is 0.0702 e. The smallest absolute Gasteiger partial charge is 0.0702 e. The Labute approximate surface area is 94.2 Å². The average molecular weight is 214 g/mol. The Morgan fingerprint density at radius 3 is 3.00 bits per heavy atom. The molecule has 0 aromatic heterocycles. The summed E-state index contributed by atoms with van der Waals surface area (Å²) in [7, 11) is 2.02. The van der Waals surface area contributed by atoms with Gasteiger partial charge in [0, 0.05) is 13.2 Å². The largest absolute Gasteiger partial charge is 0.377 e. The molecule has 15 heavy (non-hydrogen) atoms. The van der Waals surface area contributed by atoms with E-state index in [9.17, 15) is 0 Å². The Hall–Kier alpha value is -0.120. The molecule has 0 aromatic rings. The lowest BCUT2D eigenvalue weighted by atomic mass is 10.1. The molecule has 1 aliphatic rings. The highest BCUT2D eigenvalue weighted by Gasteiger charge is 2.18. The summed E-state index contributed by atoms with van der Waals surface area (Å²) >= 11 is 0. The van der Waals surface area contributed by atoms with Crippen LogP contribution in [0.25, 0.3) is 0 Å². The number of piperidine rings is 1. The molecule has 0 aromatic carbocycles. The molecule has 1 unspecified atom stereocenters. The lowest BCUT2D eigenvalue weighted by Gasteiger charge is -2.32. The Morgan fingerprint density at radius 2 is 2.27 bits per heavy atom. The molecule has 1 rings (SSSR count). The predicted molar refractivity (Wildman–Crippen MR) is 64.2 cm³/mol. The molecule has 0 bridgehead atoms. The molecule has 1 heterocycles. The molecule has 1 atom stereocenters. The molecule has 3 nitrogen and oxygen atoms in total. The van der Waals surface area contributed by atoms with E-state index >= 15 is 0 Å². The van der Waals surface area contributed by atoms with Crippen molar-refractivity contribution >= 4 is 0 Å². The van der Waals surface area contributed by atoms with Crippen molar-refractivity contribution in [3.05, 3.63) is 0 Å². The number of nitrogens with zero attached hydrogens (tertiary/aromatic N) is 1. The zero-order valence-electron chi connectivity index (χ0n) is 10.3. The molecule has 1 saturated heterocycles. The van der Waals surface area contributed by atoms with Crippen molar-refractivity contribution in [1.29, 1.82) is 0 Å². The number of hydrogen-bond donors (Lipinski definition) is 1. The first-order valence-electron chi connectivity index (χ1n) is 6.35. The van der Waals surface area contributed by atoms with Crippen molar-refractivity contribution in [1.82, 2.24) is 10.2 Å². The monoisotopic (exact) mass is 214 g/mol. The summed E-state index contributed by atoms with van der Waals surface area (Å²) < 4.78 is 5.69. The molecule has 0 aliphatic carbocycles. The van der Waals surface area contributed by atoms with Gasteiger partial charge in [0.25, 0.3) is 0 Å². The number of ether oxygens (including phenoxy) is 1. The number of nitrogens with one attached hydrogen (secondary N) is 1. The molecule has 1 fully saturated rings. The van der Waals surface area contributed by atoms with Gasteiger partial charge in [-0.15, -0.1) is 0 Å². The van der Waals surface area contributed by atoms with E-state index in [1.54, 1.807) is 0 Å². The van der Waals surface area contributed by atoms with Gasteiger partial charge in [0.05, 0.1) is 6.10 Å². The molecule has 1 aliphatic heterocycles. The summed E-state index contributed by atoms with van der Waals surface area (Å²) in [5, 5.41) is 3.19. The summed E-state index contributed by atoms with van der Waals surface area (Å²) in [6.07, 6.45) is 5.64. The molecule has 0 amide bonds. The summed E-state index contributed by atoms with van der Waals surface area (Å²) in [5.41, 5.74) is 0. The van der Waals surface area contributed by atoms with Gasteiger partial charge in [-0.1, -0.05) is 0 Å². The van der Waals surface area contributed by atoms with Crippen LogP contribution in [0.15, 0.2) is 0 Å². The number of likely N-dealkylation sites (tertiary alicyclic amines) is 1. The first-order chi connectivity index (χ1) is 7.36. The summed E-state index contributed by atoms with van der Waals surface area (Å²) in [5.74, 6) is 0. The van der Waals surface area contributed by atoms with Gasteiger partial charge in [0.2, 0.25) is 0 Å². The van der Waals surface area contributed by atoms with E-state index in [4.69, 9.17) is 4.74 Å². The second kappa shape index (κ2) is 8.08. The Kier molecular flexibility index (Phi) is 6.98. The van der Waals surface area contributed by atoms with Crippen LogP contribution in [0.1, 0.15) is 32.6 Å². The van der Waals surface area contributed by atoms with Crippen LogP contribution in [-0.2, 0) is 4.74 Å². The second-order valence-corrected chi connectivity index (χ2v) is 4.33. The molecule has 0 radical (unpaired) electrons. The van der Waals surface area contributed by atoms with Crippen LogP contribution >= 0.6 is 0 Å². The number of rotatable bonds is 7. The van der Waals surface area contributed by atoms with Crippen LogP contribution < -0.4 is 5.32 Å². The van der Waals surface area contributed by atoms with E-state index < -0.39 is 0 Å². The predicted octanol–water partition coefficient (Wildman–Crippen LogP) is 1.49. The number of hydrogen-bond acceptors (Lipinski definition) is 3. The van der Waals surface area contributed by atoms with Crippen LogP contribution in [0, 0.1) is 0 Å². The van der Waals surface area contributed by atoms with Gasteiger partial charge in [0.15, 0.2) is 0 Å². The van der Waals surface area contributed by atoms with Crippen LogP contribution in [0.4, 0.5) is 0 Å². The van der Waals surface area contributed by atoms with Gasteiger partial charge >= 0.3 is 0 Å². The van der Waals surface area contributed by atoms with Crippen LogP contribution in [0.5, 0.6) is 0 Å². The quantitative estimate of drug-likeness (QED) is 0.650. The third-order valence-electron chi connectivity index (χ3n) is 3.02. The summed E-state index contributed by atoms with van der Waals surface area (Å²) in [4.78, 5) is 2.56. The molecule has 1 N–H and O–H groups in total. The van der Waals surface area contributed by atoms with Gasteiger partial charge in [-0.05, 0) is 59.3 Å². The zero-order chi connectivity index (χ0) is 10.9. The Morgan fingerprint density at radius 1 is 1.40 bits per heavy atom. The maximum absolute atomic E-state index is 5.69. The Bertz CT molecular complexity index is 151. The fourth-order valence-electron chi connectivity index (χ4n) is 2.23. The topological polar surface area (TPSA) is 24.5 Å². The third-order valence-corrected chi connectivity index (χ3v) is 3.02. The fraction of sp³-hybridized carbons (Fsp3) is 1.00. The standard InChI is InChI=1S/C12H26N2O/c1-3-15-12-7-6-10-14(11-12)9-5-4-8-13-2/h12-13H,3-11H2,1-2H3. The first-order valence-corrected chi connectivity index (χ1v) is 6.35. The maximum atomic E-state index is 5.69. The SMILES string of the molecule is CCOC1CCCN(CCCCNC)C1. The van der Waals surface area contributed by atoms with E-state index in [1.165, 1.54) is 38.8 Å². The third kappa shape index (κ3) is 5.50. The minimum atomic E-state index is 0.494. The van der Waals surface area contributed by atoms with Crippen molar-refractivity contribution in [3.63, 3.8) is 0 Å². The van der Waals surface area contributed by atoms with Crippen molar-refractivity contribution in [3.8, 4) is 0 Å². The van der Waals surface area contributed by atoms with Gasteiger partial charge in [-0.25, -0.2) is 0 Å². The van der Waals surface area contributed by atoms with Crippen LogP contribution in [0.3, 0.4) is 0 Å². The minimum absolute atomic E-state index is 0.494. The number of unbranched alkanes of at least 4 members (excludes halogenated alkanes) is 1. The fourth-order valence-corrected chi connectivity index (χ4v) is 2.23. The highest BCUT2D eigenvalue weighted by Crippen LogP contribution is 2.13. The Balaban J connectivity index is 2.07. The average Bonchev–Trinajstić information content (AvgIpc) is 2.26. The molecular weight excluding hydrogens is 188 g/mol. The first kappa shape index (κ1) is 12.9. The van der Waals surface area contributed by atoms with Gasteiger partial charge in [-0.3, -0.25) is 0 Å². The summed E-state index contributed by atoms with van der Waals surface area (Å²) in [6.45, 7) is 7.74. The molecule has 0 saturated carbocycles. The van der Waals surface area contributed by atoms with Crippen LogP contribution in [0.2, 0.25) is 0 Å². The highest BCUT2D eigenvalue weighted by atomic mass is 16.5. The lowest BCUT2D eigenvalue weighted by molar-refractivity contribution is 0.00564. The van der Waals surface area contributed by atoms with E-state index in [1.807, 2.05) is 7.05 Å². The zero-order valence-corrected chi connectivity index (χ0v) is 10.3. The molecule has 3 heteroatoms. The van der Waals surface area contributed by atoms with Gasteiger partial charge < -0.3 is 15.0 Å².